The molecular formula is C16H16O4S2. The summed E-state index contributed by atoms with van der Waals surface area (Å²) in [5.41, 5.74) is -0.461. The molecule has 2 heterocycles. The Kier molecular flexibility index (Phi) is 4.56. The molecule has 4 rings (SSSR count). The Labute approximate surface area is 137 Å². The Balaban J connectivity index is 1.66. The second-order valence-corrected chi connectivity index (χ2v) is 7.06. The molecule has 6 heteroatoms. The molecule has 0 saturated carbocycles. The molecule has 0 bridgehead atoms. The van der Waals surface area contributed by atoms with Gasteiger partial charge in [-0.2, -0.15) is 0 Å². The van der Waals surface area contributed by atoms with Gasteiger partial charge in [0.2, 0.25) is 11.2 Å². The average Bonchev–Trinajstić information content (AvgIpc) is 3.21. The first-order valence-corrected chi connectivity index (χ1v) is 8.97. The monoisotopic (exact) mass is 336 g/mol. The largest absolute Gasteiger partial charge is 0.341 e. The Morgan fingerprint density at radius 1 is 0.682 bits per heavy atom. The molecule has 0 amide bonds. The highest BCUT2D eigenvalue weighted by molar-refractivity contribution is 8.02. The van der Waals surface area contributed by atoms with E-state index in [1.165, 1.54) is 10.8 Å². The van der Waals surface area contributed by atoms with Gasteiger partial charge in [-0.25, -0.2) is 0 Å². The molecule has 4 nitrogen and oxygen atoms in total. The lowest BCUT2D eigenvalue weighted by molar-refractivity contribution is 0.0336. The number of hydrogen-bond acceptors (Lipinski definition) is 6. The fourth-order valence-corrected chi connectivity index (χ4v) is 4.50. The van der Waals surface area contributed by atoms with Crippen LogP contribution in [0.1, 0.15) is 0 Å². The smallest absolute Gasteiger partial charge is 0.211 e. The molecule has 22 heavy (non-hydrogen) atoms. The van der Waals surface area contributed by atoms with Crippen molar-refractivity contribution < 1.29 is 18.9 Å². The molecule has 0 aliphatic carbocycles. The van der Waals surface area contributed by atoms with Crippen molar-refractivity contribution >= 4 is 34.3 Å². The highest BCUT2D eigenvalue weighted by Crippen LogP contribution is 2.40. The number of fused-ring (bicyclic) bond motifs is 1. The summed E-state index contributed by atoms with van der Waals surface area (Å²) >= 11 is 3.20. The zero-order chi connectivity index (χ0) is 14.8. The minimum atomic E-state index is -0.231. The van der Waals surface area contributed by atoms with Crippen LogP contribution in [-0.4, -0.2) is 37.7 Å². The van der Waals surface area contributed by atoms with Crippen LogP contribution in [0.5, 0.6) is 0 Å². The van der Waals surface area contributed by atoms with Gasteiger partial charge in [0.05, 0.1) is 26.4 Å². The number of ether oxygens (including phenoxy) is 4. The van der Waals surface area contributed by atoms with E-state index in [0.717, 1.165) is 9.79 Å². The third-order valence-electron chi connectivity index (χ3n) is 3.44. The summed E-state index contributed by atoms with van der Waals surface area (Å²) in [6.45, 7) is 2.62. The first-order chi connectivity index (χ1) is 10.9. The molecule has 0 radical (unpaired) electrons. The summed E-state index contributed by atoms with van der Waals surface area (Å²) in [5.74, 6) is 0. The third kappa shape index (κ3) is 3.27. The maximum Gasteiger partial charge on any atom is 0.211 e. The number of benzene rings is 2. The Morgan fingerprint density at radius 3 is 1.50 bits per heavy atom. The van der Waals surface area contributed by atoms with Gasteiger partial charge in [0.15, 0.2) is 0 Å². The van der Waals surface area contributed by atoms with Gasteiger partial charge in [0.25, 0.3) is 0 Å². The standard InChI is InChI=1S/C16H16O4S2/c1-2-4-12-10-14(22-16-19-7-8-20-16)13(9-11(12)3-1)21-15-17-5-6-18-15/h1-4,9-10,15-16H,5-8H2. The molecular weight excluding hydrogens is 320 g/mol. The van der Waals surface area contributed by atoms with Crippen LogP contribution >= 0.6 is 23.5 Å². The molecule has 2 aromatic carbocycles. The molecule has 2 aromatic rings. The molecule has 0 aromatic heterocycles. The van der Waals surface area contributed by atoms with Gasteiger partial charge in [-0.15, -0.1) is 0 Å². The van der Waals surface area contributed by atoms with Crippen LogP contribution in [0, 0.1) is 0 Å². The minimum Gasteiger partial charge on any atom is -0.341 e. The van der Waals surface area contributed by atoms with E-state index in [4.69, 9.17) is 18.9 Å². The van der Waals surface area contributed by atoms with Gasteiger partial charge in [-0.1, -0.05) is 47.8 Å². The summed E-state index contributed by atoms with van der Waals surface area (Å²) in [7, 11) is 0. The predicted octanol–water partition coefficient (Wildman–Crippen LogP) is 3.68. The normalized spacial score (nSPS) is 20.2. The zero-order valence-corrected chi connectivity index (χ0v) is 13.5. The Hall–Kier alpha value is -0.760. The van der Waals surface area contributed by atoms with E-state index in [9.17, 15) is 0 Å². The van der Waals surface area contributed by atoms with Crippen LogP contribution in [0.15, 0.2) is 46.2 Å². The van der Waals surface area contributed by atoms with Crippen molar-refractivity contribution in [1.82, 2.24) is 0 Å². The molecule has 0 atom stereocenters. The van der Waals surface area contributed by atoms with Gasteiger partial charge in [0, 0.05) is 9.79 Å². The summed E-state index contributed by atoms with van der Waals surface area (Å²) in [6, 6.07) is 12.7. The first kappa shape index (κ1) is 14.8. The van der Waals surface area contributed by atoms with E-state index in [1.54, 1.807) is 23.5 Å². The van der Waals surface area contributed by atoms with E-state index < -0.39 is 0 Å². The fraction of sp³-hybridized carbons (Fsp3) is 0.375. The summed E-state index contributed by atoms with van der Waals surface area (Å²) in [5, 5.41) is 2.42. The Morgan fingerprint density at radius 2 is 1.09 bits per heavy atom. The molecule has 2 aliphatic heterocycles. The lowest BCUT2D eigenvalue weighted by Gasteiger charge is -2.16. The summed E-state index contributed by atoms with van der Waals surface area (Å²) in [4.78, 5) is 2.27. The lowest BCUT2D eigenvalue weighted by Crippen LogP contribution is -2.04. The molecule has 2 saturated heterocycles. The summed E-state index contributed by atoms with van der Waals surface area (Å²) < 4.78 is 22.3. The molecule has 0 N–H and O–H groups in total. The first-order valence-electron chi connectivity index (χ1n) is 7.21. The zero-order valence-electron chi connectivity index (χ0n) is 11.9. The lowest BCUT2D eigenvalue weighted by atomic mass is 10.1. The number of hydrogen-bond donors (Lipinski definition) is 0. The van der Waals surface area contributed by atoms with Crippen molar-refractivity contribution in [1.29, 1.82) is 0 Å². The van der Waals surface area contributed by atoms with Crippen molar-refractivity contribution in [2.24, 2.45) is 0 Å². The van der Waals surface area contributed by atoms with E-state index in [2.05, 4.69) is 36.4 Å². The minimum absolute atomic E-state index is 0.231. The van der Waals surface area contributed by atoms with Crippen LogP contribution in [0.25, 0.3) is 10.8 Å². The molecule has 0 spiro atoms. The quantitative estimate of drug-likeness (QED) is 0.848. The van der Waals surface area contributed by atoms with Crippen LogP contribution in [-0.2, 0) is 18.9 Å². The van der Waals surface area contributed by atoms with Gasteiger partial charge >= 0.3 is 0 Å². The molecule has 2 fully saturated rings. The SMILES string of the molecule is c1ccc2cc(SC3OCCO3)c(SC3OCCO3)cc2c1. The predicted molar refractivity (Wildman–Crippen MR) is 87.0 cm³/mol. The Bertz CT molecular complexity index is 595. The molecule has 2 aliphatic rings. The van der Waals surface area contributed by atoms with Crippen LogP contribution < -0.4 is 0 Å². The van der Waals surface area contributed by atoms with Crippen molar-refractivity contribution in [3.63, 3.8) is 0 Å². The van der Waals surface area contributed by atoms with Crippen LogP contribution in [0.4, 0.5) is 0 Å². The highest BCUT2D eigenvalue weighted by atomic mass is 32.2. The van der Waals surface area contributed by atoms with E-state index in [1.807, 2.05) is 0 Å². The van der Waals surface area contributed by atoms with Crippen molar-refractivity contribution in [2.45, 2.75) is 21.0 Å². The van der Waals surface area contributed by atoms with Gasteiger partial charge < -0.3 is 18.9 Å². The second kappa shape index (κ2) is 6.78. The van der Waals surface area contributed by atoms with Gasteiger partial charge in [0.1, 0.15) is 0 Å². The summed E-state index contributed by atoms with van der Waals surface area (Å²) in [6.07, 6.45) is 0. The van der Waals surface area contributed by atoms with E-state index >= 15 is 0 Å². The highest BCUT2D eigenvalue weighted by Gasteiger charge is 2.23. The van der Waals surface area contributed by atoms with Gasteiger partial charge in [-0.3, -0.25) is 0 Å². The van der Waals surface area contributed by atoms with E-state index in [0.29, 0.717) is 26.4 Å². The molecule has 116 valence electrons. The average molecular weight is 336 g/mol. The van der Waals surface area contributed by atoms with Crippen LogP contribution in [0.2, 0.25) is 0 Å². The van der Waals surface area contributed by atoms with E-state index in [-0.39, 0.29) is 11.2 Å². The van der Waals surface area contributed by atoms with Crippen molar-refractivity contribution in [2.75, 3.05) is 26.4 Å². The topological polar surface area (TPSA) is 36.9 Å². The van der Waals surface area contributed by atoms with Crippen molar-refractivity contribution in [3.05, 3.63) is 36.4 Å². The van der Waals surface area contributed by atoms with Gasteiger partial charge in [-0.05, 0) is 22.9 Å². The van der Waals surface area contributed by atoms with Crippen LogP contribution in [0.3, 0.4) is 0 Å². The second-order valence-electron chi connectivity index (χ2n) is 4.94. The number of rotatable bonds is 4. The van der Waals surface area contributed by atoms with Crippen molar-refractivity contribution in [3.8, 4) is 0 Å². The maximum absolute atomic E-state index is 5.56. The number of thioether (sulfide) groups is 2. The fourth-order valence-electron chi connectivity index (χ4n) is 2.40. The molecule has 0 unspecified atom stereocenters. The maximum atomic E-state index is 5.56. The third-order valence-corrected chi connectivity index (χ3v) is 5.68.